The molecule has 61 heavy (non-hydrogen) atoms. The van der Waals surface area contributed by atoms with Crippen LogP contribution in [0.4, 0.5) is 22.9 Å². The molecule has 0 spiro atoms. The second-order valence-corrected chi connectivity index (χ2v) is 19.0. The van der Waals surface area contributed by atoms with Gasteiger partial charge in [0.15, 0.2) is 5.82 Å². The molecule has 3 aromatic carbocycles. The van der Waals surface area contributed by atoms with Crippen LogP contribution in [0.25, 0.3) is 5.69 Å². The number of nitriles is 1. The molecule has 1 aromatic heterocycles. The fraction of sp³-hybridized carbons (Fsp3) is 0.258. The molecule has 0 aliphatic heterocycles. The second kappa shape index (κ2) is 22.4. The molecule has 6 N–H and O–H groups in total. The Morgan fingerprint density at radius 2 is 1.41 bits per heavy atom. The highest BCUT2D eigenvalue weighted by Gasteiger charge is 2.22. The zero-order chi connectivity index (χ0) is 45.0. The predicted octanol–water partition coefficient (Wildman–Crippen LogP) is 6.96. The Bertz CT molecular complexity index is 2570. The summed E-state index contributed by atoms with van der Waals surface area (Å²) in [5, 5.41) is 49.3. The number of aromatic nitrogens is 2. The van der Waals surface area contributed by atoms with Gasteiger partial charge in [-0.1, -0.05) is 33.3 Å². The maximum absolute atomic E-state index is 13.8. The van der Waals surface area contributed by atoms with Crippen LogP contribution in [-0.4, -0.2) is 89.7 Å². The van der Waals surface area contributed by atoms with E-state index in [1.54, 1.807) is 4.90 Å². The fourth-order valence-corrected chi connectivity index (χ4v) is 8.67. The van der Waals surface area contributed by atoms with Gasteiger partial charge in [0.1, 0.15) is 23.0 Å². The van der Waals surface area contributed by atoms with Crippen LogP contribution in [0.3, 0.4) is 0 Å². The van der Waals surface area contributed by atoms with Crippen molar-refractivity contribution in [2.45, 2.75) is 40.4 Å². The third-order valence-electron chi connectivity index (χ3n) is 7.83. The van der Waals surface area contributed by atoms with Crippen molar-refractivity contribution in [1.82, 2.24) is 9.78 Å². The minimum Gasteiger partial charge on any atom is -0.371 e. The number of carbonyl (C=O) groups excluding carboxylic acids is 1. The molecule has 0 saturated heterocycles. The number of nitrogens with one attached hydrogen (secondary N) is 1. The summed E-state index contributed by atoms with van der Waals surface area (Å²) in [6, 6.07) is 11.8. The Balaban J connectivity index is 1.83. The van der Waals surface area contributed by atoms with Gasteiger partial charge >= 0.3 is 0 Å². The molecular weight excluding hydrogens is 958 g/mol. The molecule has 1 heterocycles. The lowest BCUT2D eigenvalue weighted by Gasteiger charge is -2.26. The maximum atomic E-state index is 13.8. The Labute approximate surface area is 365 Å². The fourth-order valence-electron chi connectivity index (χ4n) is 5.23. The lowest BCUT2D eigenvalue weighted by Crippen LogP contribution is -2.27. The number of unbranched alkanes of at least 4 members (excludes halogenated alkanes) is 2. The Kier molecular flexibility index (Phi) is 18.2. The monoisotopic (exact) mass is 987 g/mol. The average molecular weight is 989 g/mol. The SMILES string of the molecule is N#Cc1cnn(-c2c(Cl)cc(SOOO)cc2Cl)c1N=Nc1ccc(N(CCCCS(=O)(=O)O)CCCCS(=O)(=O)O)cc1NC(=O)c1cc(SOOO)cc(S(=O)(=O)O)c1. The first-order chi connectivity index (χ1) is 28.7. The van der Waals surface area contributed by atoms with Crippen molar-refractivity contribution in [3.05, 3.63) is 75.9 Å². The molecule has 4 rings (SSSR count). The topological polar surface area (TPSA) is 339 Å². The van der Waals surface area contributed by atoms with Crippen molar-refractivity contribution in [2.75, 3.05) is 34.8 Å². The number of rotatable bonds is 23. The van der Waals surface area contributed by atoms with Gasteiger partial charge in [0.05, 0.1) is 62.4 Å². The first kappa shape index (κ1) is 49.7. The Morgan fingerprint density at radius 3 is 1.93 bits per heavy atom. The minimum absolute atomic E-state index is 0.0215. The number of nitrogens with zero attached hydrogens (tertiary/aromatic N) is 6. The van der Waals surface area contributed by atoms with E-state index in [0.29, 0.717) is 17.7 Å². The van der Waals surface area contributed by atoms with Crippen LogP contribution in [-0.2, 0) is 49.1 Å². The molecule has 330 valence electrons. The molecule has 0 aliphatic rings. The van der Waals surface area contributed by atoms with Gasteiger partial charge in [0.2, 0.25) is 0 Å². The number of azo groups is 1. The van der Waals surface area contributed by atoms with Crippen LogP contribution in [0.1, 0.15) is 41.6 Å². The smallest absolute Gasteiger partial charge is 0.294 e. The summed E-state index contributed by atoms with van der Waals surface area (Å²) in [5.74, 6) is -2.28. The van der Waals surface area contributed by atoms with E-state index in [4.69, 9.17) is 33.7 Å². The second-order valence-electron chi connectivity index (χ2n) is 12.1. The molecule has 1 amide bonds. The Hall–Kier alpha value is -4.00. The first-order valence-corrected chi connectivity index (χ1v) is 23.5. The van der Waals surface area contributed by atoms with Crippen molar-refractivity contribution >= 4 is 106 Å². The number of carbonyl (C=O) groups is 1. The molecule has 0 unspecified atom stereocenters. The molecule has 0 atom stereocenters. The summed E-state index contributed by atoms with van der Waals surface area (Å²) in [4.78, 5) is 14.9. The van der Waals surface area contributed by atoms with Crippen LogP contribution < -0.4 is 10.2 Å². The number of halogens is 2. The van der Waals surface area contributed by atoms with E-state index in [9.17, 15) is 49.0 Å². The quantitative estimate of drug-likeness (QED) is 0.0109. The van der Waals surface area contributed by atoms with Gasteiger partial charge in [-0.25, -0.2) is 15.2 Å². The molecule has 0 aliphatic carbocycles. The van der Waals surface area contributed by atoms with Crippen molar-refractivity contribution in [2.24, 2.45) is 10.2 Å². The summed E-state index contributed by atoms with van der Waals surface area (Å²) in [7, 11) is -13.5. The number of amides is 1. The van der Waals surface area contributed by atoms with Crippen molar-refractivity contribution in [3.63, 3.8) is 0 Å². The molecule has 0 saturated carbocycles. The molecular formula is C31H31Cl2N7O16S5. The minimum atomic E-state index is -4.90. The lowest BCUT2D eigenvalue weighted by molar-refractivity contribution is -0.432. The molecule has 30 heteroatoms. The van der Waals surface area contributed by atoms with Gasteiger partial charge < -0.3 is 10.2 Å². The zero-order valence-electron chi connectivity index (χ0n) is 30.6. The predicted molar refractivity (Wildman–Crippen MR) is 218 cm³/mol. The standard InChI is InChI=1S/C31H31Cl2N7O16S5/c32-25-15-23(58-56-54-43)16-26(33)29(25)40-30(20(17-34)18-35-40)38-37-27-6-5-21(39(7-1-3-9-59(44,45)46)8-2-4-10-60(47,48)49)13-28(27)36-31(41)19-11-22(57-55-53-42)14-24(12-19)61(50,51)52/h5-6,11-16,18,42-43H,1-4,7-10H2,(H,36,41)(H,44,45,46)(H,47,48,49)(H,50,51,52). The first-order valence-electron chi connectivity index (χ1n) is 16.6. The molecule has 4 aromatic rings. The number of anilines is 2. The largest absolute Gasteiger partial charge is 0.371 e. The van der Waals surface area contributed by atoms with Crippen molar-refractivity contribution in [3.8, 4) is 11.8 Å². The summed E-state index contributed by atoms with van der Waals surface area (Å²) in [6.45, 7) is 0.282. The van der Waals surface area contributed by atoms with Crippen LogP contribution in [0.5, 0.6) is 0 Å². The van der Waals surface area contributed by atoms with E-state index in [1.165, 1.54) is 30.3 Å². The number of hydrogen-bond acceptors (Lipinski definition) is 20. The van der Waals surface area contributed by atoms with E-state index in [-0.39, 0.29) is 105 Å². The van der Waals surface area contributed by atoms with Crippen molar-refractivity contribution < 1.29 is 73.0 Å². The van der Waals surface area contributed by atoms with Gasteiger partial charge in [-0.2, -0.15) is 35.6 Å². The van der Waals surface area contributed by atoms with E-state index in [2.05, 4.69) is 39.4 Å². The third kappa shape index (κ3) is 15.4. The zero-order valence-corrected chi connectivity index (χ0v) is 36.2. The van der Waals surface area contributed by atoms with E-state index >= 15 is 0 Å². The molecule has 0 bridgehead atoms. The highest BCUT2D eigenvalue weighted by atomic mass is 35.5. The summed E-state index contributed by atoms with van der Waals surface area (Å²) in [6.07, 6.45) is 1.61. The highest BCUT2D eigenvalue weighted by Crippen LogP contribution is 2.38. The van der Waals surface area contributed by atoms with Crippen LogP contribution >= 0.6 is 47.3 Å². The maximum Gasteiger partial charge on any atom is 0.294 e. The van der Waals surface area contributed by atoms with Crippen molar-refractivity contribution in [1.29, 1.82) is 5.26 Å². The van der Waals surface area contributed by atoms with Gasteiger partial charge in [-0.05, 0) is 74.2 Å². The average Bonchev–Trinajstić information content (AvgIpc) is 3.58. The van der Waals surface area contributed by atoms with Crippen LogP contribution in [0.2, 0.25) is 10.0 Å². The molecule has 0 radical (unpaired) electrons. The highest BCUT2D eigenvalue weighted by molar-refractivity contribution is 7.94. The van der Waals surface area contributed by atoms with E-state index in [0.717, 1.165) is 29.1 Å². The summed E-state index contributed by atoms with van der Waals surface area (Å²) < 4.78 is 108. The van der Waals surface area contributed by atoms with Gasteiger partial charge in [0, 0.05) is 34.1 Å². The van der Waals surface area contributed by atoms with E-state index < -0.39 is 52.7 Å². The lowest BCUT2D eigenvalue weighted by atomic mass is 10.1. The third-order valence-corrected chi connectivity index (χ3v) is 12.0. The molecule has 23 nitrogen and oxygen atoms in total. The summed E-state index contributed by atoms with van der Waals surface area (Å²) >= 11 is 13.8. The molecule has 0 fully saturated rings. The van der Waals surface area contributed by atoms with Crippen LogP contribution in [0, 0.1) is 11.3 Å². The van der Waals surface area contributed by atoms with Gasteiger partial charge in [-0.15, -0.1) is 18.9 Å². The Morgan fingerprint density at radius 1 is 0.836 bits per heavy atom. The number of benzene rings is 3. The summed E-state index contributed by atoms with van der Waals surface area (Å²) in [5.41, 5.74) is -0.296. The van der Waals surface area contributed by atoms with Crippen LogP contribution in [0.15, 0.2) is 79.6 Å². The van der Waals surface area contributed by atoms with E-state index in [1.807, 2.05) is 6.07 Å². The normalized spacial score (nSPS) is 12.2. The van der Waals surface area contributed by atoms with Gasteiger partial charge in [0.25, 0.3) is 36.3 Å². The number of hydrogen-bond donors (Lipinski definition) is 6. The van der Waals surface area contributed by atoms with Gasteiger partial charge in [-0.3, -0.25) is 18.5 Å².